The van der Waals surface area contributed by atoms with Gasteiger partial charge in [-0.05, 0) is 46.1 Å². The molecule has 0 bridgehead atoms. The molecule has 0 saturated heterocycles. The van der Waals surface area contributed by atoms with E-state index >= 15 is 0 Å². The normalized spacial score (nSPS) is 13.6. The Kier molecular flexibility index (Phi) is 8.70. The molecule has 0 aliphatic heterocycles. The van der Waals surface area contributed by atoms with Crippen molar-refractivity contribution in [2.45, 2.75) is 58.2 Å². The molecule has 0 radical (unpaired) electrons. The molecule has 28 heavy (non-hydrogen) atoms. The van der Waals surface area contributed by atoms with Crippen LogP contribution in [0.1, 0.15) is 39.7 Å². The number of hydrogen-bond acceptors (Lipinski definition) is 3. The number of aryl methyl sites for hydroxylation is 1. The molecule has 1 aromatic carbocycles. The van der Waals surface area contributed by atoms with Gasteiger partial charge in [-0.2, -0.15) is 0 Å². The van der Waals surface area contributed by atoms with Crippen LogP contribution in [0.3, 0.4) is 0 Å². The highest BCUT2D eigenvalue weighted by Crippen LogP contribution is 2.18. The first-order chi connectivity index (χ1) is 13.1. The van der Waals surface area contributed by atoms with Crippen LogP contribution in [0, 0.1) is 0 Å². The van der Waals surface area contributed by atoms with Gasteiger partial charge < -0.3 is 15.7 Å². The van der Waals surface area contributed by atoms with Gasteiger partial charge in [0.05, 0.1) is 0 Å². The standard InChI is InChI=1S/C21H31N3O4/c1-15(24(20(27)28)21(2,3)4)19(26)23-17(13-14-18(25)22-5)12-11-16-9-7-6-8-10-16/h6-10,13-15,17H,11-12H2,1-5H3,(H,22,25)(H,23,26)(H,27,28)/t15-,17-/m0/s1. The summed E-state index contributed by atoms with van der Waals surface area (Å²) in [5.41, 5.74) is 0.394. The topological polar surface area (TPSA) is 98.7 Å². The fraction of sp³-hybridized carbons (Fsp3) is 0.476. The largest absolute Gasteiger partial charge is 0.465 e. The molecular weight excluding hydrogens is 358 g/mol. The molecule has 1 rings (SSSR count). The van der Waals surface area contributed by atoms with Crippen LogP contribution in [-0.4, -0.2) is 52.6 Å². The Bertz CT molecular complexity index is 695. The molecule has 7 nitrogen and oxygen atoms in total. The predicted octanol–water partition coefficient (Wildman–Crippen LogP) is 2.57. The van der Waals surface area contributed by atoms with Crippen LogP contribution < -0.4 is 10.6 Å². The van der Waals surface area contributed by atoms with Crippen molar-refractivity contribution in [3.05, 3.63) is 48.0 Å². The maximum Gasteiger partial charge on any atom is 0.408 e. The number of nitrogens with one attached hydrogen (secondary N) is 2. The van der Waals surface area contributed by atoms with Crippen molar-refractivity contribution >= 4 is 17.9 Å². The monoisotopic (exact) mass is 389 g/mol. The van der Waals surface area contributed by atoms with Crippen LogP contribution in [0.2, 0.25) is 0 Å². The minimum atomic E-state index is -1.16. The highest BCUT2D eigenvalue weighted by atomic mass is 16.4. The number of amides is 3. The van der Waals surface area contributed by atoms with E-state index in [2.05, 4.69) is 10.6 Å². The third kappa shape index (κ3) is 7.42. The summed E-state index contributed by atoms with van der Waals surface area (Å²) in [6.45, 7) is 6.78. The van der Waals surface area contributed by atoms with Gasteiger partial charge in [0.2, 0.25) is 11.8 Å². The zero-order valence-corrected chi connectivity index (χ0v) is 17.2. The zero-order chi connectivity index (χ0) is 21.3. The second-order valence-corrected chi connectivity index (χ2v) is 7.61. The van der Waals surface area contributed by atoms with Gasteiger partial charge in [0, 0.05) is 24.7 Å². The van der Waals surface area contributed by atoms with Crippen molar-refractivity contribution < 1.29 is 19.5 Å². The lowest BCUT2D eigenvalue weighted by Gasteiger charge is -2.37. The van der Waals surface area contributed by atoms with Crippen LogP contribution in [0.15, 0.2) is 42.5 Å². The number of nitrogens with zero attached hydrogens (tertiary/aromatic N) is 1. The lowest BCUT2D eigenvalue weighted by Crippen LogP contribution is -2.56. The van der Waals surface area contributed by atoms with Gasteiger partial charge in [0.25, 0.3) is 0 Å². The number of hydrogen-bond donors (Lipinski definition) is 3. The van der Waals surface area contributed by atoms with E-state index in [4.69, 9.17) is 0 Å². The molecule has 0 fully saturated rings. The molecule has 1 aromatic rings. The molecule has 0 aliphatic carbocycles. The highest BCUT2D eigenvalue weighted by molar-refractivity contribution is 5.88. The Morgan fingerprint density at radius 3 is 2.29 bits per heavy atom. The third-order valence-electron chi connectivity index (χ3n) is 4.34. The first-order valence-corrected chi connectivity index (χ1v) is 9.32. The predicted molar refractivity (Wildman–Crippen MR) is 109 cm³/mol. The Morgan fingerprint density at radius 1 is 1.18 bits per heavy atom. The number of carbonyl (C=O) groups excluding carboxylic acids is 2. The SMILES string of the molecule is CNC(=O)C=C[C@H](CCc1ccccc1)NC(=O)[C@H](C)N(C(=O)O)C(C)(C)C. The average molecular weight is 389 g/mol. The van der Waals surface area contributed by atoms with Crippen molar-refractivity contribution in [1.82, 2.24) is 15.5 Å². The van der Waals surface area contributed by atoms with Crippen LogP contribution >= 0.6 is 0 Å². The maximum atomic E-state index is 12.7. The molecule has 0 unspecified atom stereocenters. The Hall–Kier alpha value is -2.83. The van der Waals surface area contributed by atoms with E-state index in [0.717, 1.165) is 10.5 Å². The summed E-state index contributed by atoms with van der Waals surface area (Å²) in [4.78, 5) is 37.0. The third-order valence-corrected chi connectivity index (χ3v) is 4.34. The van der Waals surface area contributed by atoms with Crippen molar-refractivity contribution in [1.29, 1.82) is 0 Å². The van der Waals surface area contributed by atoms with Gasteiger partial charge in [0.15, 0.2) is 0 Å². The summed E-state index contributed by atoms with van der Waals surface area (Å²) in [6, 6.07) is 8.54. The number of benzene rings is 1. The summed E-state index contributed by atoms with van der Waals surface area (Å²) in [5, 5.41) is 14.9. The molecule has 3 amide bonds. The number of carbonyl (C=O) groups is 3. The van der Waals surface area contributed by atoms with E-state index in [-0.39, 0.29) is 5.91 Å². The van der Waals surface area contributed by atoms with Gasteiger partial charge in [0.1, 0.15) is 6.04 Å². The van der Waals surface area contributed by atoms with Gasteiger partial charge >= 0.3 is 6.09 Å². The van der Waals surface area contributed by atoms with E-state index < -0.39 is 29.6 Å². The molecule has 3 N–H and O–H groups in total. The van der Waals surface area contributed by atoms with E-state index in [1.165, 1.54) is 13.1 Å². The number of rotatable bonds is 8. The summed E-state index contributed by atoms with van der Waals surface area (Å²) in [5.74, 6) is -0.675. The van der Waals surface area contributed by atoms with E-state index in [9.17, 15) is 19.5 Å². The molecular formula is C21H31N3O4. The smallest absolute Gasteiger partial charge is 0.408 e. The quantitative estimate of drug-likeness (QED) is 0.595. The Morgan fingerprint density at radius 2 is 1.79 bits per heavy atom. The van der Waals surface area contributed by atoms with Gasteiger partial charge in [-0.3, -0.25) is 14.5 Å². The van der Waals surface area contributed by atoms with Crippen LogP contribution in [0.4, 0.5) is 4.79 Å². The summed E-state index contributed by atoms with van der Waals surface area (Å²) >= 11 is 0. The summed E-state index contributed by atoms with van der Waals surface area (Å²) < 4.78 is 0. The van der Waals surface area contributed by atoms with Crippen molar-refractivity contribution in [2.75, 3.05) is 7.05 Å². The number of likely N-dealkylation sites (N-methyl/N-ethyl adjacent to an activating group) is 1. The Labute approximate surface area is 166 Å². The second-order valence-electron chi connectivity index (χ2n) is 7.61. The van der Waals surface area contributed by atoms with Gasteiger partial charge in [-0.25, -0.2) is 4.79 Å². The van der Waals surface area contributed by atoms with Crippen molar-refractivity contribution in [3.63, 3.8) is 0 Å². The highest BCUT2D eigenvalue weighted by Gasteiger charge is 2.34. The molecule has 0 aliphatic rings. The molecule has 0 heterocycles. The number of carboxylic acid groups (broad SMARTS) is 1. The molecule has 154 valence electrons. The van der Waals surface area contributed by atoms with Crippen LogP contribution in [0.5, 0.6) is 0 Å². The lowest BCUT2D eigenvalue weighted by atomic mass is 10.0. The van der Waals surface area contributed by atoms with E-state index in [0.29, 0.717) is 12.8 Å². The molecule has 0 saturated carbocycles. The molecule has 2 atom stereocenters. The van der Waals surface area contributed by atoms with Gasteiger partial charge in [-0.15, -0.1) is 0 Å². The van der Waals surface area contributed by atoms with Crippen molar-refractivity contribution in [2.24, 2.45) is 0 Å². The molecule has 0 aromatic heterocycles. The summed E-state index contributed by atoms with van der Waals surface area (Å²) in [6.07, 6.45) is 3.14. The van der Waals surface area contributed by atoms with E-state index in [1.807, 2.05) is 30.3 Å². The minimum Gasteiger partial charge on any atom is -0.465 e. The first kappa shape index (κ1) is 23.2. The molecule has 7 heteroatoms. The average Bonchev–Trinajstić information content (AvgIpc) is 2.62. The molecule has 0 spiro atoms. The first-order valence-electron chi connectivity index (χ1n) is 9.32. The van der Waals surface area contributed by atoms with Gasteiger partial charge in [-0.1, -0.05) is 36.4 Å². The van der Waals surface area contributed by atoms with Crippen LogP contribution in [0.25, 0.3) is 0 Å². The van der Waals surface area contributed by atoms with Crippen molar-refractivity contribution in [3.8, 4) is 0 Å². The van der Waals surface area contributed by atoms with E-state index in [1.54, 1.807) is 33.8 Å². The minimum absolute atomic E-state index is 0.270. The lowest BCUT2D eigenvalue weighted by molar-refractivity contribution is -0.127. The zero-order valence-electron chi connectivity index (χ0n) is 17.2. The van der Waals surface area contributed by atoms with Crippen LogP contribution in [-0.2, 0) is 16.0 Å². The Balaban J connectivity index is 2.90. The second kappa shape index (κ2) is 10.5. The fourth-order valence-corrected chi connectivity index (χ4v) is 2.92. The summed E-state index contributed by atoms with van der Waals surface area (Å²) in [7, 11) is 1.53. The maximum absolute atomic E-state index is 12.7. The fourth-order valence-electron chi connectivity index (χ4n) is 2.92.